The number of carbonyl (C=O) groups excluding carboxylic acids is 1. The standard InChI is InChI=1S/C23H20FN3O3S/c1-13-20(31-23-26-17(12-27(13)23)15-7-9-16(24)10-8-15)11-25-22(28)21-14(2)29-18-5-3-4-6-19(18)30-21/h3-10,12,14,21H,11H2,1-2H3,(H,25,28)/t14-,21-/m1/s1. The molecule has 1 aliphatic rings. The van der Waals surface area contributed by atoms with Crippen LogP contribution in [0.25, 0.3) is 16.2 Å². The normalized spacial score (nSPS) is 17.6. The summed E-state index contributed by atoms with van der Waals surface area (Å²) in [6.45, 7) is 4.18. The number of para-hydroxylation sites is 2. The molecule has 0 radical (unpaired) electrons. The number of ether oxygens (including phenoxy) is 2. The lowest BCUT2D eigenvalue weighted by atomic mass is 10.1. The second kappa shape index (κ2) is 7.70. The lowest BCUT2D eigenvalue weighted by molar-refractivity contribution is -0.133. The highest BCUT2D eigenvalue weighted by Crippen LogP contribution is 2.33. The van der Waals surface area contributed by atoms with Gasteiger partial charge < -0.3 is 14.8 Å². The van der Waals surface area contributed by atoms with Crippen LogP contribution >= 0.6 is 11.3 Å². The van der Waals surface area contributed by atoms with Crippen molar-refractivity contribution in [3.63, 3.8) is 0 Å². The third-order valence-corrected chi connectivity index (χ3v) is 6.47. The predicted octanol–water partition coefficient (Wildman–Crippen LogP) is 4.36. The summed E-state index contributed by atoms with van der Waals surface area (Å²) < 4.78 is 26.8. The van der Waals surface area contributed by atoms with Gasteiger partial charge >= 0.3 is 0 Å². The molecule has 158 valence electrons. The SMILES string of the molecule is Cc1c(CNC(=O)[C@@H]2Oc3ccccc3O[C@@H]2C)sc2nc(-c3ccc(F)cc3)cn12. The predicted molar refractivity (Wildman–Crippen MR) is 116 cm³/mol. The molecule has 1 amide bonds. The van der Waals surface area contributed by atoms with Crippen molar-refractivity contribution >= 4 is 22.2 Å². The summed E-state index contributed by atoms with van der Waals surface area (Å²) in [4.78, 5) is 19.2. The van der Waals surface area contributed by atoms with Crippen LogP contribution in [0.15, 0.2) is 54.7 Å². The summed E-state index contributed by atoms with van der Waals surface area (Å²) in [6, 6.07) is 13.6. The van der Waals surface area contributed by atoms with Gasteiger partial charge in [0, 0.05) is 22.3 Å². The molecule has 0 aliphatic carbocycles. The number of thiazole rings is 1. The van der Waals surface area contributed by atoms with Gasteiger partial charge in [-0.05, 0) is 50.2 Å². The minimum atomic E-state index is -0.718. The molecule has 8 heteroatoms. The summed E-state index contributed by atoms with van der Waals surface area (Å²) in [7, 11) is 0. The fourth-order valence-electron chi connectivity index (χ4n) is 3.59. The molecule has 5 rings (SSSR count). The zero-order valence-electron chi connectivity index (χ0n) is 17.0. The first-order valence-electron chi connectivity index (χ1n) is 9.93. The van der Waals surface area contributed by atoms with Crippen molar-refractivity contribution in [1.82, 2.24) is 14.7 Å². The van der Waals surface area contributed by atoms with E-state index >= 15 is 0 Å². The van der Waals surface area contributed by atoms with Gasteiger partial charge in [0.15, 0.2) is 16.5 Å². The van der Waals surface area contributed by atoms with Crippen LogP contribution in [0.3, 0.4) is 0 Å². The van der Waals surface area contributed by atoms with Gasteiger partial charge in [-0.15, -0.1) is 0 Å². The molecule has 2 aromatic heterocycles. The summed E-state index contributed by atoms with van der Waals surface area (Å²) >= 11 is 1.51. The molecule has 0 saturated heterocycles. The Morgan fingerprint density at radius 2 is 1.87 bits per heavy atom. The summed E-state index contributed by atoms with van der Waals surface area (Å²) in [5.41, 5.74) is 2.64. The average Bonchev–Trinajstić information content (AvgIpc) is 3.31. The Bertz CT molecular complexity index is 1270. The van der Waals surface area contributed by atoms with Crippen molar-refractivity contribution in [2.24, 2.45) is 0 Å². The number of benzene rings is 2. The smallest absolute Gasteiger partial charge is 0.265 e. The minimum absolute atomic E-state index is 0.223. The van der Waals surface area contributed by atoms with Crippen molar-refractivity contribution in [1.29, 1.82) is 0 Å². The third-order valence-electron chi connectivity index (χ3n) is 5.32. The number of hydrogen-bond donors (Lipinski definition) is 1. The van der Waals surface area contributed by atoms with E-state index in [0.29, 0.717) is 18.0 Å². The molecular formula is C23H20FN3O3S. The van der Waals surface area contributed by atoms with Gasteiger partial charge in [0.25, 0.3) is 5.91 Å². The van der Waals surface area contributed by atoms with E-state index in [0.717, 1.165) is 26.8 Å². The number of halogens is 1. The monoisotopic (exact) mass is 437 g/mol. The highest BCUT2D eigenvalue weighted by Gasteiger charge is 2.34. The van der Waals surface area contributed by atoms with Crippen LogP contribution < -0.4 is 14.8 Å². The number of hydrogen-bond acceptors (Lipinski definition) is 5. The van der Waals surface area contributed by atoms with Crippen LogP contribution in [-0.2, 0) is 11.3 Å². The first-order valence-corrected chi connectivity index (χ1v) is 10.7. The molecule has 2 atom stereocenters. The van der Waals surface area contributed by atoms with Crippen molar-refractivity contribution in [2.45, 2.75) is 32.6 Å². The molecule has 1 N–H and O–H groups in total. The highest BCUT2D eigenvalue weighted by atomic mass is 32.1. The number of amides is 1. The van der Waals surface area contributed by atoms with Crippen molar-refractivity contribution < 1.29 is 18.7 Å². The Kier molecular flexibility index (Phi) is 4.86. The fraction of sp³-hybridized carbons (Fsp3) is 0.217. The molecule has 0 spiro atoms. The topological polar surface area (TPSA) is 64.9 Å². The van der Waals surface area contributed by atoms with Crippen LogP contribution in [0.4, 0.5) is 4.39 Å². The maximum atomic E-state index is 13.2. The Hall–Kier alpha value is -3.39. The number of carbonyl (C=O) groups is 1. The molecule has 6 nitrogen and oxygen atoms in total. The maximum Gasteiger partial charge on any atom is 0.265 e. The number of imidazole rings is 1. The molecule has 0 bridgehead atoms. The number of nitrogens with zero attached hydrogens (tertiary/aromatic N) is 2. The van der Waals surface area contributed by atoms with E-state index in [1.807, 2.05) is 42.6 Å². The molecule has 31 heavy (non-hydrogen) atoms. The van der Waals surface area contributed by atoms with Crippen molar-refractivity contribution in [3.05, 3.63) is 71.1 Å². The summed E-state index contributed by atoms with van der Waals surface area (Å²) in [5, 5.41) is 2.96. The second-order valence-corrected chi connectivity index (χ2v) is 8.48. The Morgan fingerprint density at radius 3 is 2.58 bits per heavy atom. The first kappa shape index (κ1) is 19.6. The number of aryl methyl sites for hydroxylation is 1. The number of fused-ring (bicyclic) bond motifs is 2. The van der Waals surface area contributed by atoms with Crippen LogP contribution in [0, 0.1) is 12.7 Å². The zero-order valence-corrected chi connectivity index (χ0v) is 17.8. The van der Waals surface area contributed by atoms with E-state index in [1.165, 1.54) is 23.5 Å². The van der Waals surface area contributed by atoms with Crippen molar-refractivity contribution in [2.75, 3.05) is 0 Å². The van der Waals surface area contributed by atoms with Gasteiger partial charge in [-0.25, -0.2) is 9.37 Å². The van der Waals surface area contributed by atoms with Gasteiger partial charge in [-0.2, -0.15) is 0 Å². The molecule has 0 saturated carbocycles. The highest BCUT2D eigenvalue weighted by molar-refractivity contribution is 7.17. The average molecular weight is 437 g/mol. The van der Waals surface area contributed by atoms with Crippen LogP contribution in [0.5, 0.6) is 11.5 Å². The molecule has 4 aromatic rings. The third kappa shape index (κ3) is 3.63. The van der Waals surface area contributed by atoms with Gasteiger partial charge in [-0.3, -0.25) is 9.20 Å². The van der Waals surface area contributed by atoms with E-state index in [2.05, 4.69) is 10.3 Å². The molecular weight excluding hydrogens is 417 g/mol. The molecule has 1 aliphatic heterocycles. The first-order chi connectivity index (χ1) is 15.0. The lowest BCUT2D eigenvalue weighted by Crippen LogP contribution is -2.48. The Labute approximate surface area is 182 Å². The summed E-state index contributed by atoms with van der Waals surface area (Å²) in [5.74, 6) is 0.717. The van der Waals surface area contributed by atoms with E-state index in [1.54, 1.807) is 18.2 Å². The van der Waals surface area contributed by atoms with Gasteiger partial charge in [0.05, 0.1) is 12.2 Å². The Balaban J connectivity index is 1.30. The van der Waals surface area contributed by atoms with Crippen LogP contribution in [0.1, 0.15) is 17.5 Å². The molecule has 3 heterocycles. The maximum absolute atomic E-state index is 13.2. The zero-order chi connectivity index (χ0) is 21.5. The minimum Gasteiger partial charge on any atom is -0.482 e. The number of rotatable bonds is 4. The van der Waals surface area contributed by atoms with E-state index < -0.39 is 12.2 Å². The molecule has 0 fully saturated rings. The van der Waals surface area contributed by atoms with Gasteiger partial charge in [0.1, 0.15) is 11.9 Å². The van der Waals surface area contributed by atoms with Crippen molar-refractivity contribution in [3.8, 4) is 22.8 Å². The summed E-state index contributed by atoms with van der Waals surface area (Å²) in [6.07, 6.45) is 0.816. The quantitative estimate of drug-likeness (QED) is 0.515. The van der Waals surface area contributed by atoms with E-state index in [9.17, 15) is 9.18 Å². The van der Waals surface area contributed by atoms with E-state index in [-0.39, 0.29) is 11.7 Å². The van der Waals surface area contributed by atoms with Crippen LogP contribution in [-0.4, -0.2) is 27.5 Å². The molecule has 0 unspecified atom stereocenters. The molecule has 2 aromatic carbocycles. The number of nitrogens with one attached hydrogen (secondary N) is 1. The van der Waals surface area contributed by atoms with E-state index in [4.69, 9.17) is 9.47 Å². The fourth-order valence-corrected chi connectivity index (χ4v) is 4.63. The largest absolute Gasteiger partial charge is 0.482 e. The van der Waals surface area contributed by atoms with Gasteiger partial charge in [0.2, 0.25) is 6.10 Å². The number of aromatic nitrogens is 2. The van der Waals surface area contributed by atoms with Crippen LogP contribution in [0.2, 0.25) is 0 Å². The Morgan fingerprint density at radius 1 is 1.16 bits per heavy atom. The van der Waals surface area contributed by atoms with Gasteiger partial charge in [-0.1, -0.05) is 23.5 Å². The second-order valence-electron chi connectivity index (χ2n) is 7.42. The lowest BCUT2D eigenvalue weighted by Gasteiger charge is -2.30.